The van der Waals surface area contributed by atoms with Crippen LogP contribution in [0.25, 0.3) is 17.0 Å². The summed E-state index contributed by atoms with van der Waals surface area (Å²) in [5, 5.41) is 6.99. The second kappa shape index (κ2) is 8.99. The molecule has 2 unspecified atom stereocenters. The first kappa shape index (κ1) is 20.0. The molecule has 154 valence electrons. The van der Waals surface area contributed by atoms with Crippen LogP contribution in [0.2, 0.25) is 0 Å². The monoisotopic (exact) mass is 401 g/mol. The number of aromatic nitrogens is 1. The largest absolute Gasteiger partial charge is 0.361 e. The number of rotatable bonds is 5. The maximum absolute atomic E-state index is 13.2. The van der Waals surface area contributed by atoms with Crippen LogP contribution in [0.5, 0.6) is 0 Å². The van der Waals surface area contributed by atoms with Crippen molar-refractivity contribution >= 4 is 28.8 Å². The fraction of sp³-hybridized carbons (Fsp3) is 0.280. The van der Waals surface area contributed by atoms with Crippen molar-refractivity contribution in [3.63, 3.8) is 0 Å². The molecule has 0 aliphatic heterocycles. The van der Waals surface area contributed by atoms with Gasteiger partial charge in [0.05, 0.1) is 0 Å². The van der Waals surface area contributed by atoms with Crippen molar-refractivity contribution in [2.75, 3.05) is 0 Å². The van der Waals surface area contributed by atoms with Crippen molar-refractivity contribution in [3.05, 3.63) is 77.6 Å². The molecule has 5 nitrogen and oxygen atoms in total. The highest BCUT2D eigenvalue weighted by atomic mass is 16.2. The van der Waals surface area contributed by atoms with Crippen molar-refractivity contribution in [2.24, 2.45) is 5.92 Å². The third-order valence-corrected chi connectivity index (χ3v) is 5.88. The summed E-state index contributed by atoms with van der Waals surface area (Å²) in [5.41, 5.74) is 2.62. The molecule has 1 heterocycles. The first-order valence-corrected chi connectivity index (χ1v) is 10.6. The SMILES string of the molecule is CC1CCCCC1NC(=O)C(=Cc1c[nH]c2ccccc12)NC(=O)c1ccccc1. The number of fused-ring (bicyclic) bond motifs is 1. The van der Waals surface area contributed by atoms with E-state index < -0.39 is 0 Å². The van der Waals surface area contributed by atoms with E-state index in [1.54, 1.807) is 18.2 Å². The van der Waals surface area contributed by atoms with Crippen LogP contribution < -0.4 is 10.6 Å². The molecule has 0 bridgehead atoms. The van der Waals surface area contributed by atoms with Crippen LogP contribution in [0.4, 0.5) is 0 Å². The summed E-state index contributed by atoms with van der Waals surface area (Å²) in [6.45, 7) is 2.18. The van der Waals surface area contributed by atoms with Crippen molar-refractivity contribution in [1.29, 1.82) is 0 Å². The van der Waals surface area contributed by atoms with Gasteiger partial charge in [0.2, 0.25) is 0 Å². The van der Waals surface area contributed by atoms with E-state index >= 15 is 0 Å². The van der Waals surface area contributed by atoms with Gasteiger partial charge in [0.15, 0.2) is 0 Å². The van der Waals surface area contributed by atoms with Gasteiger partial charge in [-0.15, -0.1) is 0 Å². The molecule has 4 rings (SSSR count). The van der Waals surface area contributed by atoms with Gasteiger partial charge in [-0.25, -0.2) is 0 Å². The predicted octanol–water partition coefficient (Wildman–Crippen LogP) is 4.63. The number of hydrogen-bond donors (Lipinski definition) is 3. The van der Waals surface area contributed by atoms with Gasteiger partial charge >= 0.3 is 0 Å². The Labute approximate surface area is 176 Å². The van der Waals surface area contributed by atoms with E-state index in [-0.39, 0.29) is 23.6 Å². The maximum atomic E-state index is 13.2. The Hall–Kier alpha value is -3.34. The van der Waals surface area contributed by atoms with E-state index in [9.17, 15) is 9.59 Å². The average Bonchev–Trinajstić information content (AvgIpc) is 3.18. The minimum Gasteiger partial charge on any atom is -0.361 e. The third-order valence-electron chi connectivity index (χ3n) is 5.88. The number of H-pyrrole nitrogens is 1. The van der Waals surface area contributed by atoms with Gasteiger partial charge in [0.25, 0.3) is 11.8 Å². The lowest BCUT2D eigenvalue weighted by atomic mass is 9.86. The van der Waals surface area contributed by atoms with Crippen LogP contribution in [0.15, 0.2) is 66.5 Å². The molecule has 1 aromatic heterocycles. The van der Waals surface area contributed by atoms with Crippen LogP contribution in [0.3, 0.4) is 0 Å². The van der Waals surface area contributed by atoms with E-state index in [2.05, 4.69) is 22.5 Å². The zero-order valence-electron chi connectivity index (χ0n) is 17.2. The topological polar surface area (TPSA) is 74.0 Å². The van der Waals surface area contributed by atoms with E-state index in [1.165, 1.54) is 6.42 Å². The van der Waals surface area contributed by atoms with Gasteiger partial charge < -0.3 is 15.6 Å². The molecule has 0 radical (unpaired) electrons. The van der Waals surface area contributed by atoms with Gasteiger partial charge in [-0.1, -0.05) is 56.2 Å². The molecule has 0 saturated heterocycles. The molecule has 5 heteroatoms. The summed E-state index contributed by atoms with van der Waals surface area (Å²) in [6.07, 6.45) is 8.02. The highest BCUT2D eigenvalue weighted by Gasteiger charge is 2.25. The number of para-hydroxylation sites is 1. The summed E-state index contributed by atoms with van der Waals surface area (Å²) in [5.74, 6) is -0.112. The fourth-order valence-electron chi connectivity index (χ4n) is 4.09. The van der Waals surface area contributed by atoms with Crippen LogP contribution in [-0.4, -0.2) is 22.8 Å². The standard InChI is InChI=1S/C25H27N3O2/c1-17-9-5-7-13-21(17)27-25(30)23(28-24(29)18-10-3-2-4-11-18)15-19-16-26-22-14-8-6-12-20(19)22/h2-4,6,8,10-12,14-17,21,26H,5,7,9,13H2,1H3,(H,27,30)(H,28,29). The summed E-state index contributed by atoms with van der Waals surface area (Å²) in [7, 11) is 0. The number of benzene rings is 2. The minimum absolute atomic E-state index is 0.131. The molecule has 2 atom stereocenters. The maximum Gasteiger partial charge on any atom is 0.268 e. The number of carbonyl (C=O) groups is 2. The van der Waals surface area contributed by atoms with Crippen molar-refractivity contribution in [3.8, 4) is 0 Å². The molecule has 1 saturated carbocycles. The number of carbonyl (C=O) groups excluding carboxylic acids is 2. The zero-order chi connectivity index (χ0) is 20.9. The van der Waals surface area contributed by atoms with Crippen LogP contribution >= 0.6 is 0 Å². The van der Waals surface area contributed by atoms with Crippen LogP contribution in [0.1, 0.15) is 48.5 Å². The number of aromatic amines is 1. The van der Waals surface area contributed by atoms with Crippen molar-refractivity contribution in [2.45, 2.75) is 38.6 Å². The molecule has 1 fully saturated rings. The first-order valence-electron chi connectivity index (χ1n) is 10.6. The minimum atomic E-state index is -0.298. The summed E-state index contributed by atoms with van der Waals surface area (Å²) >= 11 is 0. The van der Waals surface area contributed by atoms with Crippen molar-refractivity contribution < 1.29 is 9.59 Å². The Morgan fingerprint density at radius 2 is 1.73 bits per heavy atom. The smallest absolute Gasteiger partial charge is 0.268 e. The number of hydrogen-bond acceptors (Lipinski definition) is 2. The average molecular weight is 402 g/mol. The zero-order valence-corrected chi connectivity index (χ0v) is 17.2. The second-order valence-electron chi connectivity index (χ2n) is 8.01. The van der Waals surface area contributed by atoms with E-state index in [0.29, 0.717) is 11.5 Å². The lowest BCUT2D eigenvalue weighted by Crippen LogP contribution is -2.44. The lowest BCUT2D eigenvalue weighted by Gasteiger charge is -2.29. The van der Waals surface area contributed by atoms with Crippen molar-refractivity contribution in [1.82, 2.24) is 15.6 Å². The third kappa shape index (κ3) is 4.46. The Balaban J connectivity index is 1.63. The van der Waals surface area contributed by atoms with Gasteiger partial charge in [-0.05, 0) is 43.0 Å². The highest BCUT2D eigenvalue weighted by Crippen LogP contribution is 2.24. The molecular formula is C25H27N3O2. The Morgan fingerprint density at radius 3 is 2.53 bits per heavy atom. The Bertz CT molecular complexity index is 1070. The first-order chi connectivity index (χ1) is 14.6. The molecule has 2 aromatic carbocycles. The highest BCUT2D eigenvalue weighted by molar-refractivity contribution is 6.06. The fourth-order valence-corrected chi connectivity index (χ4v) is 4.09. The van der Waals surface area contributed by atoms with Crippen LogP contribution in [0, 0.1) is 5.92 Å². The van der Waals surface area contributed by atoms with Crippen LogP contribution in [-0.2, 0) is 4.79 Å². The Kier molecular flexibility index (Phi) is 5.98. The molecule has 1 aliphatic rings. The van der Waals surface area contributed by atoms with E-state index in [4.69, 9.17) is 0 Å². The van der Waals surface area contributed by atoms with Gasteiger partial charge in [0, 0.05) is 34.3 Å². The van der Waals surface area contributed by atoms with Gasteiger partial charge in [-0.3, -0.25) is 9.59 Å². The van der Waals surface area contributed by atoms with E-state index in [1.807, 2.05) is 48.7 Å². The number of amides is 2. The van der Waals surface area contributed by atoms with Gasteiger partial charge in [0.1, 0.15) is 5.70 Å². The van der Waals surface area contributed by atoms with E-state index in [0.717, 1.165) is 35.7 Å². The molecule has 2 amide bonds. The molecule has 30 heavy (non-hydrogen) atoms. The summed E-state index contributed by atoms with van der Waals surface area (Å²) < 4.78 is 0. The Morgan fingerprint density at radius 1 is 1.00 bits per heavy atom. The quantitative estimate of drug-likeness (QED) is 0.545. The molecule has 1 aliphatic carbocycles. The molecule has 3 aromatic rings. The lowest BCUT2D eigenvalue weighted by molar-refractivity contribution is -0.119. The second-order valence-corrected chi connectivity index (χ2v) is 8.01. The predicted molar refractivity (Wildman–Crippen MR) is 120 cm³/mol. The summed E-state index contributed by atoms with van der Waals surface area (Å²) in [6, 6.07) is 17.0. The molecule has 3 N–H and O–H groups in total. The summed E-state index contributed by atoms with van der Waals surface area (Å²) in [4.78, 5) is 29.2. The molecular weight excluding hydrogens is 374 g/mol. The normalized spacial score (nSPS) is 19.4. The molecule has 0 spiro atoms. The number of nitrogens with one attached hydrogen (secondary N) is 3. The van der Waals surface area contributed by atoms with Gasteiger partial charge in [-0.2, -0.15) is 0 Å².